The van der Waals surface area contributed by atoms with Crippen molar-refractivity contribution in [3.05, 3.63) is 24.3 Å². The predicted octanol–water partition coefficient (Wildman–Crippen LogP) is 1.62. The molecule has 0 heterocycles. The third-order valence-corrected chi connectivity index (χ3v) is 2.39. The van der Waals surface area contributed by atoms with Crippen molar-refractivity contribution >= 4 is 11.9 Å². The van der Waals surface area contributed by atoms with Crippen LogP contribution in [0.15, 0.2) is 24.3 Å². The molecular weight excluding hydrogens is 304 g/mol. The van der Waals surface area contributed by atoms with Crippen molar-refractivity contribution in [2.45, 2.75) is 27.1 Å². The van der Waals surface area contributed by atoms with Gasteiger partial charge in [-0.2, -0.15) is 0 Å². The molecule has 0 aliphatic heterocycles. The summed E-state index contributed by atoms with van der Waals surface area (Å²) in [7, 11) is 0. The fourth-order valence-electron chi connectivity index (χ4n) is 1.21. The number of esters is 2. The van der Waals surface area contributed by atoms with E-state index < -0.39 is 18.2 Å². The Morgan fingerprint density at radius 2 is 1.48 bits per heavy atom. The van der Waals surface area contributed by atoms with Crippen LogP contribution in [0, 0.1) is 0 Å². The summed E-state index contributed by atoms with van der Waals surface area (Å²) in [6.07, 6.45) is -1.03. The van der Waals surface area contributed by atoms with Crippen molar-refractivity contribution in [2.75, 3.05) is 39.6 Å². The molecule has 0 amide bonds. The lowest BCUT2D eigenvalue weighted by atomic mass is 10.3. The maximum atomic E-state index is 11.5. The lowest BCUT2D eigenvalue weighted by Crippen LogP contribution is -2.29. The van der Waals surface area contributed by atoms with E-state index in [-0.39, 0.29) is 24.4 Å². The molecule has 0 aliphatic rings. The molecule has 0 radical (unpaired) electrons. The van der Waals surface area contributed by atoms with Gasteiger partial charge in [-0.3, -0.25) is 0 Å². The SMILES string of the molecule is C=C(C)C(=O)OCC(OCCOCCOCC)OC(=O)C(=C)C. The maximum absolute atomic E-state index is 11.5. The van der Waals surface area contributed by atoms with Gasteiger partial charge in [0.2, 0.25) is 6.29 Å². The van der Waals surface area contributed by atoms with Crippen LogP contribution >= 0.6 is 0 Å². The fourth-order valence-corrected chi connectivity index (χ4v) is 1.21. The van der Waals surface area contributed by atoms with Crippen molar-refractivity contribution in [2.24, 2.45) is 0 Å². The minimum atomic E-state index is -1.03. The standard InChI is InChI=1S/C16H26O7/c1-6-19-7-8-20-9-10-21-14(23-16(18)13(4)5)11-22-15(17)12(2)3/h14H,2,4,6-11H2,1,3,5H3. The Morgan fingerprint density at radius 1 is 0.913 bits per heavy atom. The van der Waals surface area contributed by atoms with Gasteiger partial charge < -0.3 is 23.7 Å². The smallest absolute Gasteiger partial charge is 0.335 e. The van der Waals surface area contributed by atoms with Crippen molar-refractivity contribution in [1.29, 1.82) is 0 Å². The van der Waals surface area contributed by atoms with Crippen LogP contribution in [0.2, 0.25) is 0 Å². The van der Waals surface area contributed by atoms with Crippen LogP contribution in [0.4, 0.5) is 0 Å². The normalized spacial score (nSPS) is 11.6. The summed E-state index contributed by atoms with van der Waals surface area (Å²) >= 11 is 0. The van der Waals surface area contributed by atoms with Gasteiger partial charge in [-0.1, -0.05) is 13.2 Å². The maximum Gasteiger partial charge on any atom is 0.335 e. The Bertz CT molecular complexity index is 403. The summed E-state index contributed by atoms with van der Waals surface area (Å²) in [5.74, 6) is -1.21. The third kappa shape index (κ3) is 11.5. The lowest BCUT2D eigenvalue weighted by molar-refractivity contribution is -0.192. The van der Waals surface area contributed by atoms with E-state index in [0.717, 1.165) is 0 Å². The Morgan fingerprint density at radius 3 is 2.04 bits per heavy atom. The molecule has 7 nitrogen and oxygen atoms in total. The van der Waals surface area contributed by atoms with E-state index in [1.165, 1.54) is 13.8 Å². The van der Waals surface area contributed by atoms with Crippen molar-refractivity contribution in [1.82, 2.24) is 0 Å². The molecule has 132 valence electrons. The number of carbonyl (C=O) groups excluding carboxylic acids is 2. The average Bonchev–Trinajstić information content (AvgIpc) is 2.50. The number of rotatable bonds is 13. The minimum Gasteiger partial charge on any atom is -0.456 e. The predicted molar refractivity (Wildman–Crippen MR) is 83.7 cm³/mol. The highest BCUT2D eigenvalue weighted by atomic mass is 16.7. The molecule has 0 saturated carbocycles. The van der Waals surface area contributed by atoms with Crippen molar-refractivity contribution < 1.29 is 33.3 Å². The highest BCUT2D eigenvalue weighted by Gasteiger charge is 2.18. The topological polar surface area (TPSA) is 80.3 Å². The zero-order valence-corrected chi connectivity index (χ0v) is 14.1. The molecule has 7 heteroatoms. The summed E-state index contributed by atoms with van der Waals surface area (Å²) in [4.78, 5) is 22.9. The van der Waals surface area contributed by atoms with Gasteiger partial charge in [0.05, 0.1) is 26.4 Å². The first-order chi connectivity index (χ1) is 10.9. The third-order valence-electron chi connectivity index (χ3n) is 2.39. The van der Waals surface area contributed by atoms with Crippen molar-refractivity contribution in [3.8, 4) is 0 Å². The van der Waals surface area contributed by atoms with Crippen LogP contribution in [0.5, 0.6) is 0 Å². The zero-order valence-electron chi connectivity index (χ0n) is 14.1. The van der Waals surface area contributed by atoms with Crippen LogP contribution in [0.3, 0.4) is 0 Å². The van der Waals surface area contributed by atoms with E-state index in [2.05, 4.69) is 13.2 Å². The molecule has 0 N–H and O–H groups in total. The highest BCUT2D eigenvalue weighted by Crippen LogP contribution is 2.03. The van der Waals surface area contributed by atoms with Crippen molar-refractivity contribution in [3.63, 3.8) is 0 Å². The molecule has 0 spiro atoms. The summed E-state index contributed by atoms with van der Waals surface area (Å²) in [6, 6.07) is 0. The average molecular weight is 330 g/mol. The molecule has 0 aromatic rings. The van der Waals surface area contributed by atoms with Crippen LogP contribution in [-0.4, -0.2) is 57.9 Å². The Balaban J connectivity index is 4.16. The summed E-state index contributed by atoms with van der Waals surface area (Å²) in [5.41, 5.74) is 0.465. The Kier molecular flexibility index (Phi) is 11.9. The van der Waals surface area contributed by atoms with E-state index in [1.54, 1.807) is 0 Å². The molecule has 0 rings (SSSR count). The molecule has 0 saturated heterocycles. The van der Waals surface area contributed by atoms with E-state index in [0.29, 0.717) is 26.4 Å². The highest BCUT2D eigenvalue weighted by molar-refractivity contribution is 5.87. The molecule has 0 fully saturated rings. The molecule has 0 aromatic carbocycles. The van der Waals surface area contributed by atoms with E-state index >= 15 is 0 Å². The Labute approximate surface area is 137 Å². The van der Waals surface area contributed by atoms with E-state index in [9.17, 15) is 9.59 Å². The fraction of sp³-hybridized carbons (Fsp3) is 0.625. The van der Waals surface area contributed by atoms with Gasteiger partial charge in [0, 0.05) is 17.8 Å². The van der Waals surface area contributed by atoms with Gasteiger partial charge in [0.25, 0.3) is 0 Å². The molecule has 23 heavy (non-hydrogen) atoms. The van der Waals surface area contributed by atoms with Gasteiger partial charge in [-0.15, -0.1) is 0 Å². The first kappa shape index (κ1) is 21.3. The van der Waals surface area contributed by atoms with Crippen LogP contribution in [0.1, 0.15) is 20.8 Å². The summed E-state index contributed by atoms with van der Waals surface area (Å²) < 4.78 is 25.7. The number of hydrogen-bond donors (Lipinski definition) is 0. The lowest BCUT2D eigenvalue weighted by Gasteiger charge is -2.18. The van der Waals surface area contributed by atoms with Gasteiger partial charge in [-0.25, -0.2) is 9.59 Å². The van der Waals surface area contributed by atoms with Crippen LogP contribution in [-0.2, 0) is 33.3 Å². The largest absolute Gasteiger partial charge is 0.456 e. The molecule has 0 aliphatic carbocycles. The first-order valence-electron chi connectivity index (χ1n) is 7.34. The second kappa shape index (κ2) is 12.8. The van der Waals surface area contributed by atoms with Crippen LogP contribution < -0.4 is 0 Å². The quantitative estimate of drug-likeness (QED) is 0.220. The zero-order chi connectivity index (χ0) is 17.7. The van der Waals surface area contributed by atoms with Crippen LogP contribution in [0.25, 0.3) is 0 Å². The molecule has 1 atom stereocenters. The number of hydrogen-bond acceptors (Lipinski definition) is 7. The molecular formula is C16H26O7. The van der Waals surface area contributed by atoms with Gasteiger partial charge in [0.15, 0.2) is 6.61 Å². The number of ether oxygens (including phenoxy) is 5. The van der Waals surface area contributed by atoms with Gasteiger partial charge in [0.1, 0.15) is 0 Å². The minimum absolute atomic E-state index is 0.172. The second-order valence-corrected chi connectivity index (χ2v) is 4.67. The second-order valence-electron chi connectivity index (χ2n) is 4.67. The van der Waals surface area contributed by atoms with E-state index in [4.69, 9.17) is 23.7 Å². The Hall–Kier alpha value is -1.70. The first-order valence-corrected chi connectivity index (χ1v) is 7.34. The van der Waals surface area contributed by atoms with Gasteiger partial charge >= 0.3 is 11.9 Å². The van der Waals surface area contributed by atoms with Gasteiger partial charge in [-0.05, 0) is 20.8 Å². The molecule has 1 unspecified atom stereocenters. The van der Waals surface area contributed by atoms with E-state index in [1.807, 2.05) is 6.92 Å². The number of carbonyl (C=O) groups is 2. The summed E-state index contributed by atoms with van der Waals surface area (Å²) in [5, 5.41) is 0. The summed E-state index contributed by atoms with van der Waals surface area (Å²) in [6.45, 7) is 13.7. The monoisotopic (exact) mass is 330 g/mol. The molecule has 0 bridgehead atoms. The molecule has 0 aromatic heterocycles.